The van der Waals surface area contributed by atoms with Crippen LogP contribution in [0.1, 0.15) is 185 Å². The van der Waals surface area contributed by atoms with Gasteiger partial charge >= 0.3 is 23.9 Å². The second kappa shape index (κ2) is 38.8. The van der Waals surface area contributed by atoms with Crippen molar-refractivity contribution < 1.29 is 86.5 Å². The Labute approximate surface area is 767 Å². The van der Waals surface area contributed by atoms with Crippen LogP contribution in [0.2, 0.25) is 10.0 Å². The van der Waals surface area contributed by atoms with Crippen LogP contribution in [0, 0.1) is 69.0 Å². The van der Waals surface area contributed by atoms with E-state index in [1.54, 1.807) is 43.4 Å². The van der Waals surface area contributed by atoms with E-state index in [2.05, 4.69) is 27.0 Å². The van der Waals surface area contributed by atoms with E-state index in [4.69, 9.17) is 81.0 Å². The number of carbonyl (C=O) groups excluding carboxylic acids is 6. The number of pyridine rings is 2. The van der Waals surface area contributed by atoms with Crippen LogP contribution in [0.5, 0.6) is 23.0 Å². The Balaban J connectivity index is 0.000000197. The van der Waals surface area contributed by atoms with Gasteiger partial charge in [-0.1, -0.05) is 84.2 Å². The molecule has 32 heteroatoms. The number of amides is 2. The number of ketones is 2. The monoisotopic (exact) mass is 1840 g/mol. The quantitative estimate of drug-likeness (QED) is 0.0207. The van der Waals surface area contributed by atoms with Gasteiger partial charge in [-0.05, 0) is 163 Å². The molecule has 694 valence electrons. The molecule has 4 unspecified atom stereocenters. The molecule has 4 saturated heterocycles. The molecule has 0 radical (unpaired) electrons. The van der Waals surface area contributed by atoms with Crippen LogP contribution in [0.3, 0.4) is 0 Å². The molecular weight excluding hydrogens is 1720 g/mol. The number of methoxy groups -OCH3 is 2. The van der Waals surface area contributed by atoms with Gasteiger partial charge in [0.1, 0.15) is 82.1 Å². The van der Waals surface area contributed by atoms with Crippen LogP contribution in [0.15, 0.2) is 59.8 Å². The molecule has 4 aliphatic heterocycles. The maximum Gasteiger partial charge on any atom is 0.310 e. The summed E-state index contributed by atoms with van der Waals surface area (Å²) in [6, 6.07) is 9.30. The van der Waals surface area contributed by atoms with E-state index in [1.165, 1.54) is 40.4 Å². The molecule has 28 nitrogen and oxygen atoms in total. The van der Waals surface area contributed by atoms with E-state index >= 15 is 0 Å². The summed E-state index contributed by atoms with van der Waals surface area (Å²) in [7, 11) is 3.47. The number of hydrogen-bond acceptors (Lipinski definition) is 26. The molecule has 18 atom stereocenters. The fourth-order valence-electron chi connectivity index (χ4n) is 20.4. The first-order valence-electron chi connectivity index (χ1n) is 45.9. The van der Waals surface area contributed by atoms with Gasteiger partial charge in [0.25, 0.3) is 0 Å². The number of likely N-dealkylation sites (tertiary alicyclic amines) is 4. The standard InChI is InChI=1S/C48H64ClN5O9S.C48H62ClN5O9S/c2*1-8-29-21-48(29,45(58)59)22-38(55)37-18-32(24-54(37)44(57)34(47(4,5)6)19-41(56)63-31-16-27-15-28(27)17-31)62-40-20-35(36-25-64-46(52-36)50-26(2)3)51-43-33(40)9-10-39(42(43)49)61-14-13-53-12-11-30(23-53)60-7/h9-10,20,25-32,34,37H,8,11-19,21-24H2,1-7H3,(H,50,52)(H,58,59);8-10,20,25-32,34,37H,1,11-19,21-24H2,2-7H3,(H,50,52)(H,58,59)/t2*27-,28+,29-,30-,31?,32-,34-,37+,48?/m11/s1. The van der Waals surface area contributed by atoms with Crippen molar-refractivity contribution in [1.29, 1.82) is 0 Å². The summed E-state index contributed by atoms with van der Waals surface area (Å²) in [5, 5.41) is 34.4. The maximum atomic E-state index is 14.9. The van der Waals surface area contributed by atoms with E-state index in [-0.39, 0.29) is 123 Å². The Morgan fingerprint density at radius 1 is 0.547 bits per heavy atom. The first-order chi connectivity index (χ1) is 60.9. The molecule has 4 aromatic heterocycles. The molecule has 4 N–H and O–H groups in total. The number of nitrogens with zero attached hydrogens (tertiary/aromatic N) is 8. The second-order valence-corrected chi connectivity index (χ2v) is 42.7. The molecule has 10 aliphatic rings. The van der Waals surface area contributed by atoms with E-state index in [0.717, 1.165) is 75.0 Å². The molecule has 16 rings (SSSR count). The highest BCUT2D eigenvalue weighted by molar-refractivity contribution is 7.14. The number of esters is 2. The molecule has 6 saturated carbocycles. The summed E-state index contributed by atoms with van der Waals surface area (Å²) >= 11 is 17.2. The van der Waals surface area contributed by atoms with E-state index in [9.17, 15) is 48.6 Å². The summed E-state index contributed by atoms with van der Waals surface area (Å²) in [6.45, 7) is 31.2. The molecular formula is C96H126Cl2N10O18S2. The lowest BCUT2D eigenvalue weighted by Gasteiger charge is -2.35. The minimum absolute atomic E-state index is 0.0292. The molecule has 2 amide bonds. The zero-order valence-electron chi connectivity index (χ0n) is 76.0. The zero-order chi connectivity index (χ0) is 91.3. The lowest BCUT2D eigenvalue weighted by molar-refractivity contribution is -0.157. The van der Waals surface area contributed by atoms with Crippen molar-refractivity contribution in [1.82, 2.24) is 39.5 Å². The molecule has 0 spiro atoms. The number of rotatable bonds is 38. The number of aliphatic carboxylic acids is 2. The van der Waals surface area contributed by atoms with Crippen molar-refractivity contribution in [3.05, 3.63) is 69.9 Å². The molecule has 10 fully saturated rings. The number of carboxylic acids is 2. The van der Waals surface area contributed by atoms with Crippen molar-refractivity contribution >= 4 is 125 Å². The normalized spacial score (nSPS) is 28.0. The van der Waals surface area contributed by atoms with Gasteiger partial charge in [0, 0.05) is 125 Å². The van der Waals surface area contributed by atoms with Crippen molar-refractivity contribution in [2.75, 3.05) is 90.4 Å². The van der Waals surface area contributed by atoms with Crippen LogP contribution in [-0.4, -0.2) is 238 Å². The van der Waals surface area contributed by atoms with Gasteiger partial charge in [-0.3, -0.25) is 48.2 Å². The van der Waals surface area contributed by atoms with E-state index < -0.39 is 81.7 Å². The Hall–Kier alpha value is -8.36. The van der Waals surface area contributed by atoms with Crippen LogP contribution in [0.4, 0.5) is 10.3 Å². The minimum Gasteiger partial charge on any atom is -0.491 e. The predicted octanol–water partition coefficient (Wildman–Crippen LogP) is 16.0. The fourth-order valence-corrected chi connectivity index (χ4v) is 22.6. The zero-order valence-corrected chi connectivity index (χ0v) is 79.1. The Morgan fingerprint density at radius 3 is 1.31 bits per heavy atom. The number of hydrogen-bond donors (Lipinski definition) is 4. The number of carbonyl (C=O) groups is 8. The third-order valence-corrected chi connectivity index (χ3v) is 30.6. The topological polar surface area (TPSA) is 339 Å². The SMILES string of the molecule is C=C[C@@H]1CC1(CC(=O)[C@@H]1C[C@@H](Oc2cc(-c3csc(NC(C)C)n3)nc3c(Cl)c(OCCN4CC[C@@H](OC)C4)ccc23)CN1C(=O)[C@@H](CC(=O)OC1C[C@@H]2C[C@@H]2C1)C(C)(C)C)C(=O)O.CC[C@@H]1CC1(CC(=O)[C@@H]1C[C@@H](Oc2cc(-c3csc(NC(C)C)n3)nc3c(Cl)c(OCCN4CC[C@@H](OC)C4)ccc23)CN1C(=O)[C@@H](CC(=O)OC1C[C@@H]2C[C@@H]2C1)C(C)(C)C)C(=O)O. The summed E-state index contributed by atoms with van der Waals surface area (Å²) in [6.07, 6.45) is 9.11. The average Bonchev–Trinajstić information content (AvgIpc) is 1.58. The van der Waals surface area contributed by atoms with Crippen molar-refractivity contribution in [3.8, 4) is 45.8 Å². The van der Waals surface area contributed by atoms with Crippen LogP contribution >= 0.6 is 45.9 Å². The average molecular weight is 1840 g/mol. The number of allylic oxidation sites excluding steroid dienone is 1. The number of anilines is 2. The number of halogens is 2. The van der Waals surface area contributed by atoms with Gasteiger partial charge in [0.2, 0.25) is 11.8 Å². The number of carboxylic acid groups (broad SMARTS) is 2. The molecule has 0 bridgehead atoms. The highest BCUT2D eigenvalue weighted by Gasteiger charge is 2.63. The number of thiazole rings is 2. The van der Waals surface area contributed by atoms with Crippen molar-refractivity contribution in [2.24, 2.45) is 69.0 Å². The fraction of sp³-hybridized carbons (Fsp3) is 0.646. The largest absolute Gasteiger partial charge is 0.491 e. The Kier molecular flexibility index (Phi) is 28.6. The maximum absolute atomic E-state index is 14.9. The van der Waals surface area contributed by atoms with Gasteiger partial charge in [-0.2, -0.15) is 0 Å². The first kappa shape index (κ1) is 94.3. The van der Waals surface area contributed by atoms with Crippen molar-refractivity contribution in [2.45, 2.75) is 246 Å². The third kappa shape index (κ3) is 21.4. The summed E-state index contributed by atoms with van der Waals surface area (Å²) < 4.78 is 49.1. The molecule has 6 aromatic rings. The molecule has 8 heterocycles. The van der Waals surface area contributed by atoms with E-state index in [0.29, 0.717) is 147 Å². The highest BCUT2D eigenvalue weighted by atomic mass is 35.5. The van der Waals surface area contributed by atoms with Gasteiger partial charge in [-0.25, -0.2) is 19.9 Å². The van der Waals surface area contributed by atoms with E-state index in [1.807, 2.05) is 105 Å². The number of nitrogens with one attached hydrogen (secondary N) is 2. The molecule has 128 heavy (non-hydrogen) atoms. The van der Waals surface area contributed by atoms with Crippen molar-refractivity contribution in [3.63, 3.8) is 0 Å². The number of aromatic nitrogens is 4. The van der Waals surface area contributed by atoms with Gasteiger partial charge in [0.15, 0.2) is 21.8 Å². The summed E-state index contributed by atoms with van der Waals surface area (Å²) in [4.78, 5) is 138. The van der Waals surface area contributed by atoms with Crippen LogP contribution < -0.4 is 29.6 Å². The minimum atomic E-state index is -1.27. The molecule has 2 aromatic carbocycles. The second-order valence-electron chi connectivity index (χ2n) is 40.3. The Morgan fingerprint density at radius 2 is 0.961 bits per heavy atom. The number of Topliss-reactive ketones (excluding diaryl/α,β-unsaturated/α-hetero) is 2. The predicted molar refractivity (Wildman–Crippen MR) is 490 cm³/mol. The number of benzene rings is 2. The first-order valence-corrected chi connectivity index (χ1v) is 48.4. The van der Waals surface area contributed by atoms with Gasteiger partial charge in [-0.15, -0.1) is 29.3 Å². The van der Waals surface area contributed by atoms with Crippen LogP contribution in [-0.2, 0) is 57.3 Å². The summed E-state index contributed by atoms with van der Waals surface area (Å²) in [5.74, 6) is -2.02. The van der Waals surface area contributed by atoms with Gasteiger partial charge < -0.3 is 68.5 Å². The highest BCUT2D eigenvalue weighted by Crippen LogP contribution is 2.60. The number of ether oxygens (including phenoxy) is 8. The van der Waals surface area contributed by atoms with Gasteiger partial charge in [0.05, 0.1) is 95.3 Å². The smallest absolute Gasteiger partial charge is 0.310 e. The lowest BCUT2D eigenvalue weighted by Crippen LogP contribution is -2.48. The summed E-state index contributed by atoms with van der Waals surface area (Å²) in [5.41, 5.74) is -0.612. The Bertz CT molecular complexity index is 5130. The third-order valence-electron chi connectivity index (χ3n) is 28.3. The number of fused-ring (bicyclic) bond motifs is 4. The molecule has 6 aliphatic carbocycles. The lowest BCUT2D eigenvalue weighted by atomic mass is 9.77. The van der Waals surface area contributed by atoms with Crippen LogP contribution in [0.25, 0.3) is 44.6 Å².